The van der Waals surface area contributed by atoms with Crippen LogP contribution in [-0.4, -0.2) is 29.1 Å². The van der Waals surface area contributed by atoms with Crippen molar-refractivity contribution in [3.63, 3.8) is 0 Å². The smallest absolute Gasteiger partial charge is 0.335 e. The van der Waals surface area contributed by atoms with Crippen LogP contribution in [0, 0.1) is 0 Å². The number of methoxy groups -OCH3 is 1. The number of carbonyl (C=O) groups excluding carboxylic acids is 1. The van der Waals surface area contributed by atoms with Crippen LogP contribution in [0.25, 0.3) is 0 Å². The Balaban J connectivity index is 2.34. The number of carbonyl (C=O) groups is 2. The third kappa shape index (κ3) is 3.38. The number of aromatic nitrogens is 1. The summed E-state index contributed by atoms with van der Waals surface area (Å²) < 4.78 is 5.51. The number of amides is 1. The van der Waals surface area contributed by atoms with E-state index in [1.165, 1.54) is 25.3 Å². The van der Waals surface area contributed by atoms with Gasteiger partial charge < -0.3 is 15.2 Å². The second-order valence-electron chi connectivity index (χ2n) is 4.02. The van der Waals surface area contributed by atoms with Crippen molar-refractivity contribution in [3.05, 3.63) is 52.3 Å². The lowest BCUT2D eigenvalue weighted by Gasteiger charge is -2.11. The number of nitrogens with one attached hydrogen (secondary N) is 1. The summed E-state index contributed by atoms with van der Waals surface area (Å²) in [7, 11) is 1.44. The first kappa shape index (κ1) is 15.0. The lowest BCUT2D eigenvalue weighted by atomic mass is 10.1. The number of anilines is 1. The van der Waals surface area contributed by atoms with E-state index in [-0.39, 0.29) is 11.3 Å². The van der Waals surface area contributed by atoms with Gasteiger partial charge in [-0.2, -0.15) is 0 Å². The molecule has 2 N–H and O–H groups in total. The van der Waals surface area contributed by atoms with Crippen molar-refractivity contribution in [2.45, 2.75) is 0 Å². The van der Waals surface area contributed by atoms with Gasteiger partial charge in [-0.15, -0.1) is 0 Å². The first-order chi connectivity index (χ1) is 10.0. The summed E-state index contributed by atoms with van der Waals surface area (Å²) in [5, 5.41) is 11.6. The van der Waals surface area contributed by atoms with Gasteiger partial charge in [-0.05, 0) is 46.3 Å². The molecule has 0 spiro atoms. The van der Waals surface area contributed by atoms with Crippen LogP contribution in [0.15, 0.2) is 41.1 Å². The van der Waals surface area contributed by atoms with Crippen molar-refractivity contribution >= 4 is 33.5 Å². The average Bonchev–Trinajstić information content (AvgIpc) is 2.47. The second kappa shape index (κ2) is 6.36. The standard InChI is InChI=1S/C14H11BrN2O4/c1-21-11-5-4-8(14(19)20)7-10(11)17-13(18)9-3-2-6-16-12(9)15/h2-7H,1H3,(H,17,18)(H,19,20). The highest BCUT2D eigenvalue weighted by Gasteiger charge is 2.15. The third-order valence-corrected chi connectivity index (χ3v) is 3.33. The summed E-state index contributed by atoms with van der Waals surface area (Å²) in [5.74, 6) is -1.14. The molecule has 0 radical (unpaired) electrons. The molecule has 108 valence electrons. The molecular formula is C14H11BrN2O4. The molecule has 0 saturated heterocycles. The zero-order valence-corrected chi connectivity index (χ0v) is 12.5. The number of rotatable bonds is 4. The molecule has 0 aliphatic heterocycles. The Labute approximate surface area is 128 Å². The van der Waals surface area contributed by atoms with Gasteiger partial charge in [-0.3, -0.25) is 4.79 Å². The predicted molar refractivity (Wildman–Crippen MR) is 79.8 cm³/mol. The lowest BCUT2D eigenvalue weighted by molar-refractivity contribution is 0.0696. The SMILES string of the molecule is COc1ccc(C(=O)O)cc1NC(=O)c1cccnc1Br. The number of halogens is 1. The normalized spacial score (nSPS) is 10.0. The zero-order valence-electron chi connectivity index (χ0n) is 11.0. The van der Waals surface area contributed by atoms with Crippen LogP contribution in [0.3, 0.4) is 0 Å². The van der Waals surface area contributed by atoms with E-state index < -0.39 is 11.9 Å². The van der Waals surface area contributed by atoms with Crippen molar-refractivity contribution in [1.82, 2.24) is 4.98 Å². The van der Waals surface area contributed by atoms with Gasteiger partial charge in [-0.1, -0.05) is 0 Å². The first-order valence-corrected chi connectivity index (χ1v) is 6.65. The van der Waals surface area contributed by atoms with Crippen LogP contribution in [0.1, 0.15) is 20.7 Å². The van der Waals surface area contributed by atoms with Crippen LogP contribution in [0.5, 0.6) is 5.75 Å². The Morgan fingerprint density at radius 2 is 2.10 bits per heavy atom. The van der Waals surface area contributed by atoms with Gasteiger partial charge in [-0.25, -0.2) is 9.78 Å². The van der Waals surface area contributed by atoms with E-state index in [2.05, 4.69) is 26.2 Å². The fourth-order valence-corrected chi connectivity index (χ4v) is 2.11. The minimum Gasteiger partial charge on any atom is -0.495 e. The Kier molecular flexibility index (Phi) is 4.54. The Hall–Kier alpha value is -2.41. The summed E-state index contributed by atoms with van der Waals surface area (Å²) in [5.41, 5.74) is 0.662. The van der Waals surface area contributed by atoms with Crippen molar-refractivity contribution in [1.29, 1.82) is 0 Å². The topological polar surface area (TPSA) is 88.5 Å². The highest BCUT2D eigenvalue weighted by atomic mass is 79.9. The molecule has 0 atom stereocenters. The molecule has 0 aliphatic rings. The molecule has 1 aromatic carbocycles. The number of benzene rings is 1. The number of pyridine rings is 1. The minimum atomic E-state index is -1.09. The predicted octanol–water partition coefficient (Wildman–Crippen LogP) is 2.80. The van der Waals surface area contributed by atoms with Crippen LogP contribution in [-0.2, 0) is 0 Å². The summed E-state index contributed by atoms with van der Waals surface area (Å²) in [6.45, 7) is 0. The number of hydrogen-bond donors (Lipinski definition) is 2. The van der Waals surface area contributed by atoms with Gasteiger partial charge in [0.25, 0.3) is 5.91 Å². The van der Waals surface area contributed by atoms with E-state index in [4.69, 9.17) is 9.84 Å². The largest absolute Gasteiger partial charge is 0.495 e. The summed E-state index contributed by atoms with van der Waals surface area (Å²) in [4.78, 5) is 27.2. The monoisotopic (exact) mass is 350 g/mol. The molecule has 0 fully saturated rings. The van der Waals surface area contributed by atoms with Crippen molar-refractivity contribution in [2.75, 3.05) is 12.4 Å². The number of aromatic carboxylic acids is 1. The maximum absolute atomic E-state index is 12.2. The second-order valence-corrected chi connectivity index (χ2v) is 4.77. The molecular weight excluding hydrogens is 340 g/mol. The van der Waals surface area contributed by atoms with Gasteiger partial charge in [0.2, 0.25) is 0 Å². The van der Waals surface area contributed by atoms with E-state index in [9.17, 15) is 9.59 Å². The van der Waals surface area contributed by atoms with E-state index in [1.54, 1.807) is 18.3 Å². The van der Waals surface area contributed by atoms with Crippen LogP contribution in [0.4, 0.5) is 5.69 Å². The lowest BCUT2D eigenvalue weighted by Crippen LogP contribution is -2.14. The molecule has 1 aromatic heterocycles. The summed E-state index contributed by atoms with van der Waals surface area (Å²) >= 11 is 3.19. The van der Waals surface area contributed by atoms with E-state index in [0.29, 0.717) is 15.9 Å². The van der Waals surface area contributed by atoms with E-state index in [1.807, 2.05) is 0 Å². The van der Waals surface area contributed by atoms with Gasteiger partial charge in [0, 0.05) is 6.20 Å². The van der Waals surface area contributed by atoms with Gasteiger partial charge in [0.1, 0.15) is 10.4 Å². The van der Waals surface area contributed by atoms with Crippen LogP contribution >= 0.6 is 15.9 Å². The minimum absolute atomic E-state index is 0.0522. The molecule has 0 aliphatic carbocycles. The van der Waals surface area contributed by atoms with Gasteiger partial charge in [0.15, 0.2) is 0 Å². The zero-order chi connectivity index (χ0) is 15.4. The van der Waals surface area contributed by atoms with Crippen LogP contribution in [0.2, 0.25) is 0 Å². The fourth-order valence-electron chi connectivity index (χ4n) is 1.68. The van der Waals surface area contributed by atoms with Crippen molar-refractivity contribution in [2.24, 2.45) is 0 Å². The quantitative estimate of drug-likeness (QED) is 0.827. The molecule has 2 aromatic rings. The molecule has 21 heavy (non-hydrogen) atoms. The molecule has 7 heteroatoms. The molecule has 6 nitrogen and oxygen atoms in total. The number of hydrogen-bond acceptors (Lipinski definition) is 4. The average molecular weight is 351 g/mol. The van der Waals surface area contributed by atoms with Crippen molar-refractivity contribution in [3.8, 4) is 5.75 Å². The Morgan fingerprint density at radius 1 is 1.33 bits per heavy atom. The number of carboxylic acid groups (broad SMARTS) is 1. The van der Waals surface area contributed by atoms with Crippen LogP contribution < -0.4 is 10.1 Å². The highest BCUT2D eigenvalue weighted by Crippen LogP contribution is 2.26. The van der Waals surface area contributed by atoms with E-state index in [0.717, 1.165) is 0 Å². The highest BCUT2D eigenvalue weighted by molar-refractivity contribution is 9.10. The van der Waals surface area contributed by atoms with E-state index >= 15 is 0 Å². The summed E-state index contributed by atoms with van der Waals surface area (Å²) in [6, 6.07) is 7.45. The molecule has 0 saturated carbocycles. The molecule has 1 amide bonds. The third-order valence-electron chi connectivity index (χ3n) is 2.70. The fraction of sp³-hybridized carbons (Fsp3) is 0.0714. The molecule has 2 rings (SSSR count). The summed E-state index contributed by atoms with van der Waals surface area (Å²) in [6.07, 6.45) is 1.55. The molecule has 0 bridgehead atoms. The number of ether oxygens (including phenoxy) is 1. The van der Waals surface area contributed by atoms with Gasteiger partial charge in [0.05, 0.1) is 23.9 Å². The molecule has 1 heterocycles. The molecule has 0 unspecified atom stereocenters. The van der Waals surface area contributed by atoms with Crippen molar-refractivity contribution < 1.29 is 19.4 Å². The number of carboxylic acids is 1. The Morgan fingerprint density at radius 3 is 2.71 bits per heavy atom. The Bertz CT molecular complexity index is 703. The van der Waals surface area contributed by atoms with Gasteiger partial charge >= 0.3 is 5.97 Å². The number of nitrogens with zero attached hydrogens (tertiary/aromatic N) is 1. The first-order valence-electron chi connectivity index (χ1n) is 5.86. The maximum Gasteiger partial charge on any atom is 0.335 e. The maximum atomic E-state index is 12.2.